The molecular formula is C27H38F3N5O2. The van der Waals surface area contributed by atoms with Gasteiger partial charge in [0.1, 0.15) is 0 Å². The van der Waals surface area contributed by atoms with Crippen molar-refractivity contribution in [2.75, 3.05) is 38.0 Å². The van der Waals surface area contributed by atoms with Gasteiger partial charge in [0.15, 0.2) is 0 Å². The third kappa shape index (κ3) is 10.9. The third-order valence-corrected chi connectivity index (χ3v) is 6.05. The standard InChI is InChI=1S/C27H38F3N5O2/c1-20(10-13-25(36)35(16-14-31)17-15-32)19-33-24(12-11-21-6-3-2-4-7-21)26(37)34-23-9-5-8-22(18-23)27(28,29)30/h2-9,18,20,24,33H,10-17,19,31-32H2,1H3,(H,34,37). The Labute approximate surface area is 216 Å². The molecule has 2 amide bonds. The highest BCUT2D eigenvalue weighted by atomic mass is 19.4. The van der Waals surface area contributed by atoms with Crippen LogP contribution in [0.5, 0.6) is 0 Å². The summed E-state index contributed by atoms with van der Waals surface area (Å²) in [7, 11) is 0. The van der Waals surface area contributed by atoms with Gasteiger partial charge in [-0.1, -0.05) is 43.3 Å². The minimum absolute atomic E-state index is 0.00864. The summed E-state index contributed by atoms with van der Waals surface area (Å²) in [5.41, 5.74) is 11.5. The molecule has 2 atom stereocenters. The Bertz CT molecular complexity index is 966. The molecule has 0 aliphatic carbocycles. The van der Waals surface area contributed by atoms with E-state index in [2.05, 4.69) is 10.6 Å². The van der Waals surface area contributed by atoms with Crippen LogP contribution >= 0.6 is 0 Å². The molecule has 37 heavy (non-hydrogen) atoms. The van der Waals surface area contributed by atoms with E-state index in [9.17, 15) is 22.8 Å². The summed E-state index contributed by atoms with van der Waals surface area (Å²) in [6.07, 6.45) is -2.47. The second kappa shape index (κ2) is 15.3. The number of halogens is 3. The average molecular weight is 522 g/mol. The van der Waals surface area contributed by atoms with Crippen molar-refractivity contribution in [1.82, 2.24) is 10.2 Å². The molecule has 0 bridgehead atoms. The van der Waals surface area contributed by atoms with Crippen molar-refractivity contribution in [3.8, 4) is 0 Å². The molecule has 0 saturated heterocycles. The topological polar surface area (TPSA) is 113 Å². The van der Waals surface area contributed by atoms with Crippen LogP contribution in [0, 0.1) is 5.92 Å². The zero-order valence-electron chi connectivity index (χ0n) is 21.3. The summed E-state index contributed by atoms with van der Waals surface area (Å²) < 4.78 is 39.2. The highest BCUT2D eigenvalue weighted by Crippen LogP contribution is 2.30. The molecule has 7 nitrogen and oxygen atoms in total. The van der Waals surface area contributed by atoms with Gasteiger partial charge in [0.2, 0.25) is 11.8 Å². The summed E-state index contributed by atoms with van der Waals surface area (Å²) in [6.45, 7) is 4.10. The lowest BCUT2D eigenvalue weighted by Gasteiger charge is -2.23. The fraction of sp³-hybridized carbons (Fsp3) is 0.481. The van der Waals surface area contributed by atoms with Gasteiger partial charge in [-0.05, 0) is 55.5 Å². The van der Waals surface area contributed by atoms with Gasteiger partial charge in [0.05, 0.1) is 11.6 Å². The van der Waals surface area contributed by atoms with Crippen molar-refractivity contribution < 1.29 is 22.8 Å². The number of nitrogens with one attached hydrogen (secondary N) is 2. The van der Waals surface area contributed by atoms with Gasteiger partial charge in [-0.2, -0.15) is 13.2 Å². The molecule has 0 fully saturated rings. The minimum atomic E-state index is -4.50. The SMILES string of the molecule is CC(CCC(=O)N(CCN)CCN)CNC(CCc1ccccc1)C(=O)Nc1cccc(C(F)(F)F)c1. The Hall–Kier alpha value is -2.95. The molecule has 0 heterocycles. The quantitative estimate of drug-likeness (QED) is 0.287. The number of rotatable bonds is 15. The molecule has 2 rings (SSSR count). The van der Waals surface area contributed by atoms with Crippen molar-refractivity contribution in [3.05, 3.63) is 65.7 Å². The first-order chi connectivity index (χ1) is 17.6. The van der Waals surface area contributed by atoms with E-state index in [-0.39, 0.29) is 17.5 Å². The highest BCUT2D eigenvalue weighted by molar-refractivity contribution is 5.94. The number of hydrogen-bond acceptors (Lipinski definition) is 5. The Morgan fingerprint density at radius 3 is 2.27 bits per heavy atom. The van der Waals surface area contributed by atoms with Gasteiger partial charge < -0.3 is 27.0 Å². The molecule has 0 spiro atoms. The van der Waals surface area contributed by atoms with Crippen LogP contribution in [-0.4, -0.2) is 55.5 Å². The van der Waals surface area contributed by atoms with Gasteiger partial charge in [-0.3, -0.25) is 9.59 Å². The Morgan fingerprint density at radius 1 is 0.973 bits per heavy atom. The van der Waals surface area contributed by atoms with E-state index in [0.717, 1.165) is 17.7 Å². The molecule has 0 radical (unpaired) electrons. The number of carbonyl (C=O) groups excluding carboxylic acids is 2. The number of nitrogens with two attached hydrogens (primary N) is 2. The lowest BCUT2D eigenvalue weighted by Crippen LogP contribution is -2.43. The fourth-order valence-corrected chi connectivity index (χ4v) is 3.93. The normalized spacial score (nSPS) is 13.1. The van der Waals surface area contributed by atoms with Crippen LogP contribution in [0.2, 0.25) is 0 Å². The van der Waals surface area contributed by atoms with E-state index in [1.54, 1.807) is 4.90 Å². The van der Waals surface area contributed by atoms with Crippen LogP contribution in [0.25, 0.3) is 0 Å². The van der Waals surface area contributed by atoms with Gasteiger partial charge in [-0.25, -0.2) is 0 Å². The van der Waals surface area contributed by atoms with Crippen LogP contribution in [0.4, 0.5) is 18.9 Å². The molecular weight excluding hydrogens is 483 g/mol. The zero-order valence-corrected chi connectivity index (χ0v) is 21.3. The van der Waals surface area contributed by atoms with Gasteiger partial charge in [0, 0.05) is 38.3 Å². The number of hydrogen-bond donors (Lipinski definition) is 4. The number of benzene rings is 2. The van der Waals surface area contributed by atoms with Crippen molar-refractivity contribution in [1.29, 1.82) is 0 Å². The number of anilines is 1. The predicted octanol–water partition coefficient (Wildman–Crippen LogP) is 3.40. The van der Waals surface area contributed by atoms with Crippen molar-refractivity contribution >= 4 is 17.5 Å². The highest BCUT2D eigenvalue weighted by Gasteiger charge is 2.30. The van der Waals surface area contributed by atoms with Crippen molar-refractivity contribution in [2.24, 2.45) is 17.4 Å². The number of amides is 2. The maximum atomic E-state index is 13.1. The molecule has 0 aliphatic rings. The minimum Gasteiger partial charge on any atom is -0.340 e. The molecule has 10 heteroatoms. The van der Waals surface area contributed by atoms with Crippen molar-refractivity contribution in [2.45, 2.75) is 44.8 Å². The van der Waals surface area contributed by atoms with E-state index in [1.165, 1.54) is 12.1 Å². The largest absolute Gasteiger partial charge is 0.416 e. The van der Waals surface area contributed by atoms with Crippen LogP contribution in [0.1, 0.15) is 37.3 Å². The van der Waals surface area contributed by atoms with E-state index >= 15 is 0 Å². The monoisotopic (exact) mass is 521 g/mol. The number of alkyl halides is 3. The predicted molar refractivity (Wildman–Crippen MR) is 140 cm³/mol. The molecule has 6 N–H and O–H groups in total. The zero-order chi connectivity index (χ0) is 27.3. The third-order valence-electron chi connectivity index (χ3n) is 6.05. The second-order valence-electron chi connectivity index (χ2n) is 9.15. The van der Waals surface area contributed by atoms with Crippen LogP contribution < -0.4 is 22.1 Å². The molecule has 2 unspecified atom stereocenters. The lowest BCUT2D eigenvalue weighted by molar-refractivity contribution is -0.137. The Kier molecular flexibility index (Phi) is 12.5. The number of nitrogens with zero attached hydrogens (tertiary/aromatic N) is 1. The molecule has 204 valence electrons. The molecule has 0 saturated carbocycles. The molecule has 2 aromatic rings. The van der Waals surface area contributed by atoms with Gasteiger partial charge in [-0.15, -0.1) is 0 Å². The van der Waals surface area contributed by atoms with Crippen LogP contribution in [0.3, 0.4) is 0 Å². The molecule has 2 aromatic carbocycles. The maximum absolute atomic E-state index is 13.1. The number of aryl methyl sites for hydroxylation is 1. The van der Waals surface area contributed by atoms with Gasteiger partial charge in [0.25, 0.3) is 0 Å². The van der Waals surface area contributed by atoms with E-state index in [4.69, 9.17) is 11.5 Å². The van der Waals surface area contributed by atoms with E-state index in [0.29, 0.717) is 58.4 Å². The first-order valence-corrected chi connectivity index (χ1v) is 12.6. The van der Waals surface area contributed by atoms with Gasteiger partial charge >= 0.3 is 6.18 Å². The van der Waals surface area contributed by atoms with Crippen LogP contribution in [-0.2, 0) is 22.2 Å². The fourth-order valence-electron chi connectivity index (χ4n) is 3.93. The van der Waals surface area contributed by atoms with Crippen LogP contribution in [0.15, 0.2) is 54.6 Å². The lowest BCUT2D eigenvalue weighted by atomic mass is 10.0. The summed E-state index contributed by atoms with van der Waals surface area (Å²) in [6, 6.07) is 13.6. The molecule has 0 aromatic heterocycles. The first-order valence-electron chi connectivity index (χ1n) is 12.6. The number of carbonyl (C=O) groups is 2. The van der Waals surface area contributed by atoms with Crippen molar-refractivity contribution in [3.63, 3.8) is 0 Å². The average Bonchev–Trinajstić information content (AvgIpc) is 2.87. The smallest absolute Gasteiger partial charge is 0.340 e. The summed E-state index contributed by atoms with van der Waals surface area (Å²) in [5, 5.41) is 5.88. The Balaban J connectivity index is 2.00. The summed E-state index contributed by atoms with van der Waals surface area (Å²) in [5.74, 6) is -0.330. The maximum Gasteiger partial charge on any atom is 0.416 e. The second-order valence-corrected chi connectivity index (χ2v) is 9.15. The summed E-state index contributed by atoms with van der Waals surface area (Å²) in [4.78, 5) is 27.2. The van der Waals surface area contributed by atoms with E-state index < -0.39 is 23.7 Å². The summed E-state index contributed by atoms with van der Waals surface area (Å²) >= 11 is 0. The van der Waals surface area contributed by atoms with E-state index in [1.807, 2.05) is 37.3 Å². The first kappa shape index (κ1) is 30.3. The molecule has 0 aliphatic heterocycles. The Morgan fingerprint density at radius 2 is 1.65 bits per heavy atom.